The van der Waals surface area contributed by atoms with E-state index in [2.05, 4.69) is 4.18 Å². The Bertz CT molecular complexity index is 209. The van der Waals surface area contributed by atoms with Gasteiger partial charge in [-0.2, -0.15) is 8.42 Å². The van der Waals surface area contributed by atoms with E-state index in [0.717, 1.165) is 0 Å². The predicted octanol–water partition coefficient (Wildman–Crippen LogP) is -0.514. The molecular formula is C7H16O5S. The van der Waals surface area contributed by atoms with Gasteiger partial charge in [0.05, 0.1) is 18.5 Å². The van der Waals surface area contributed by atoms with Crippen molar-refractivity contribution in [2.75, 3.05) is 19.0 Å². The lowest BCUT2D eigenvalue weighted by atomic mass is 10.4. The molecule has 0 saturated carbocycles. The standard InChI is InChI=1S/C7H16O5S/c1-7(9)6-12-13(10,11)5-3-2-4-8/h7-9H,2-6H2,1H3. The largest absolute Gasteiger partial charge is 0.396 e. The summed E-state index contributed by atoms with van der Waals surface area (Å²) in [5.74, 6) is -0.111. The van der Waals surface area contributed by atoms with Crippen molar-refractivity contribution in [2.24, 2.45) is 0 Å². The Balaban J connectivity index is 3.68. The van der Waals surface area contributed by atoms with Crippen LogP contribution in [0.15, 0.2) is 0 Å². The average molecular weight is 212 g/mol. The number of hydrogen-bond donors (Lipinski definition) is 2. The molecule has 0 aromatic carbocycles. The van der Waals surface area contributed by atoms with Crippen molar-refractivity contribution < 1.29 is 22.8 Å². The normalized spacial score (nSPS) is 14.4. The molecule has 0 amide bonds. The molecule has 1 unspecified atom stereocenters. The summed E-state index contributed by atoms with van der Waals surface area (Å²) in [7, 11) is -3.52. The van der Waals surface area contributed by atoms with Gasteiger partial charge in [0.1, 0.15) is 0 Å². The van der Waals surface area contributed by atoms with Gasteiger partial charge in [0.15, 0.2) is 0 Å². The molecule has 5 nitrogen and oxygen atoms in total. The van der Waals surface area contributed by atoms with Gasteiger partial charge in [-0.15, -0.1) is 0 Å². The van der Waals surface area contributed by atoms with Crippen LogP contribution in [0.4, 0.5) is 0 Å². The van der Waals surface area contributed by atoms with Crippen LogP contribution in [0.25, 0.3) is 0 Å². The maximum atomic E-state index is 11.0. The molecule has 0 fully saturated rings. The maximum absolute atomic E-state index is 11.0. The lowest BCUT2D eigenvalue weighted by Gasteiger charge is -2.06. The fourth-order valence-corrected chi connectivity index (χ4v) is 1.73. The van der Waals surface area contributed by atoms with Crippen molar-refractivity contribution in [3.05, 3.63) is 0 Å². The number of aliphatic hydroxyl groups is 2. The van der Waals surface area contributed by atoms with Crippen molar-refractivity contribution in [3.8, 4) is 0 Å². The number of rotatable bonds is 7. The third-order valence-electron chi connectivity index (χ3n) is 1.29. The molecule has 0 bridgehead atoms. The van der Waals surface area contributed by atoms with Crippen LogP contribution >= 0.6 is 0 Å². The molecule has 1 atom stereocenters. The molecule has 0 saturated heterocycles. The Morgan fingerprint density at radius 3 is 2.46 bits per heavy atom. The van der Waals surface area contributed by atoms with Crippen LogP contribution in [0.3, 0.4) is 0 Å². The third kappa shape index (κ3) is 8.17. The number of unbranched alkanes of at least 4 members (excludes halogenated alkanes) is 1. The van der Waals surface area contributed by atoms with Crippen LogP contribution in [0.2, 0.25) is 0 Å². The molecular weight excluding hydrogens is 196 g/mol. The molecule has 0 rings (SSSR count). The predicted molar refractivity (Wildman–Crippen MR) is 47.7 cm³/mol. The average Bonchev–Trinajstić information content (AvgIpc) is 2.02. The Kier molecular flexibility index (Phi) is 6.23. The van der Waals surface area contributed by atoms with Crippen molar-refractivity contribution in [2.45, 2.75) is 25.9 Å². The minimum Gasteiger partial charge on any atom is -0.396 e. The van der Waals surface area contributed by atoms with Crippen molar-refractivity contribution in [1.82, 2.24) is 0 Å². The van der Waals surface area contributed by atoms with E-state index in [9.17, 15) is 8.42 Å². The van der Waals surface area contributed by atoms with E-state index < -0.39 is 16.2 Å². The first-order chi connectivity index (χ1) is 5.98. The van der Waals surface area contributed by atoms with Gasteiger partial charge < -0.3 is 10.2 Å². The van der Waals surface area contributed by atoms with E-state index >= 15 is 0 Å². The molecule has 6 heteroatoms. The summed E-state index contributed by atoms with van der Waals surface area (Å²) in [4.78, 5) is 0. The van der Waals surface area contributed by atoms with E-state index in [0.29, 0.717) is 12.8 Å². The highest BCUT2D eigenvalue weighted by Gasteiger charge is 2.11. The number of hydrogen-bond acceptors (Lipinski definition) is 5. The highest BCUT2D eigenvalue weighted by atomic mass is 32.2. The highest BCUT2D eigenvalue weighted by molar-refractivity contribution is 7.86. The first-order valence-corrected chi connectivity index (χ1v) is 5.71. The van der Waals surface area contributed by atoms with E-state index in [1.165, 1.54) is 6.92 Å². The minimum atomic E-state index is -3.52. The summed E-state index contributed by atoms with van der Waals surface area (Å²) in [6.45, 7) is 1.22. The molecule has 0 aromatic rings. The molecule has 13 heavy (non-hydrogen) atoms. The number of aliphatic hydroxyl groups excluding tert-OH is 2. The van der Waals surface area contributed by atoms with E-state index in [-0.39, 0.29) is 19.0 Å². The summed E-state index contributed by atoms with van der Waals surface area (Å²) in [5, 5.41) is 17.2. The summed E-state index contributed by atoms with van der Waals surface area (Å²) < 4.78 is 26.5. The van der Waals surface area contributed by atoms with E-state index in [1.54, 1.807) is 0 Å². The second-order valence-corrected chi connectivity index (χ2v) is 4.59. The Morgan fingerprint density at radius 1 is 1.38 bits per heavy atom. The summed E-state index contributed by atoms with van der Waals surface area (Å²) in [5.41, 5.74) is 0. The van der Waals surface area contributed by atoms with Crippen LogP contribution in [0.1, 0.15) is 19.8 Å². The molecule has 0 aromatic heterocycles. The van der Waals surface area contributed by atoms with Crippen LogP contribution in [-0.4, -0.2) is 43.7 Å². The third-order valence-corrected chi connectivity index (χ3v) is 2.58. The van der Waals surface area contributed by atoms with E-state index in [1.807, 2.05) is 0 Å². The van der Waals surface area contributed by atoms with Crippen LogP contribution in [0.5, 0.6) is 0 Å². The van der Waals surface area contributed by atoms with Gasteiger partial charge >= 0.3 is 0 Å². The Hall–Kier alpha value is -0.170. The molecule has 0 aliphatic rings. The molecule has 0 spiro atoms. The first-order valence-electron chi connectivity index (χ1n) is 4.14. The van der Waals surface area contributed by atoms with Gasteiger partial charge in [0.2, 0.25) is 0 Å². The van der Waals surface area contributed by atoms with Crippen molar-refractivity contribution >= 4 is 10.1 Å². The smallest absolute Gasteiger partial charge is 0.267 e. The first kappa shape index (κ1) is 12.8. The van der Waals surface area contributed by atoms with Gasteiger partial charge in [-0.25, -0.2) is 0 Å². The minimum absolute atomic E-state index is 0.0219. The molecule has 0 heterocycles. The SMILES string of the molecule is CC(O)COS(=O)(=O)CCCCO. The van der Waals surface area contributed by atoms with Gasteiger partial charge in [0, 0.05) is 6.61 Å². The second-order valence-electron chi connectivity index (χ2n) is 2.83. The lowest BCUT2D eigenvalue weighted by molar-refractivity contribution is 0.126. The fraction of sp³-hybridized carbons (Fsp3) is 1.00. The second kappa shape index (κ2) is 6.31. The van der Waals surface area contributed by atoms with Gasteiger partial charge in [-0.3, -0.25) is 4.18 Å². The van der Waals surface area contributed by atoms with Crippen molar-refractivity contribution in [3.63, 3.8) is 0 Å². The molecule has 2 N–H and O–H groups in total. The zero-order chi connectivity index (χ0) is 10.3. The van der Waals surface area contributed by atoms with Crippen molar-refractivity contribution in [1.29, 1.82) is 0 Å². The summed E-state index contributed by atoms with van der Waals surface area (Å²) in [6, 6.07) is 0. The zero-order valence-electron chi connectivity index (χ0n) is 7.64. The molecule has 0 radical (unpaired) electrons. The maximum Gasteiger partial charge on any atom is 0.267 e. The monoisotopic (exact) mass is 212 g/mol. The summed E-state index contributed by atoms with van der Waals surface area (Å²) in [6.07, 6.45) is 0.0308. The highest BCUT2D eigenvalue weighted by Crippen LogP contribution is 1.99. The molecule has 0 aliphatic carbocycles. The van der Waals surface area contributed by atoms with Gasteiger partial charge in [0.25, 0.3) is 10.1 Å². The quantitative estimate of drug-likeness (QED) is 0.438. The van der Waals surface area contributed by atoms with Gasteiger partial charge in [-0.05, 0) is 19.8 Å². The molecule has 0 aliphatic heterocycles. The summed E-state index contributed by atoms with van der Waals surface area (Å²) >= 11 is 0. The van der Waals surface area contributed by atoms with Crippen LogP contribution < -0.4 is 0 Å². The van der Waals surface area contributed by atoms with E-state index in [4.69, 9.17) is 10.2 Å². The van der Waals surface area contributed by atoms with Crippen LogP contribution in [-0.2, 0) is 14.3 Å². The fourth-order valence-electron chi connectivity index (χ4n) is 0.652. The van der Waals surface area contributed by atoms with Crippen LogP contribution in [0, 0.1) is 0 Å². The lowest BCUT2D eigenvalue weighted by Crippen LogP contribution is -2.18. The Labute approximate surface area is 78.5 Å². The molecule has 80 valence electrons. The Morgan fingerprint density at radius 2 is 2.00 bits per heavy atom. The topological polar surface area (TPSA) is 83.8 Å². The van der Waals surface area contributed by atoms with Gasteiger partial charge in [-0.1, -0.05) is 0 Å². The zero-order valence-corrected chi connectivity index (χ0v) is 8.46.